The number of nitro benzene ring substituents is 1. The SMILES string of the molecule is CCCc1cn2c(C=O)c(-c3ccc(Cl)c([N+](=O)[O-])c3)nc2s1. The van der Waals surface area contributed by atoms with Gasteiger partial charge in [-0.25, -0.2) is 4.98 Å². The van der Waals surface area contributed by atoms with Crippen LogP contribution in [0.5, 0.6) is 0 Å². The minimum atomic E-state index is -0.551. The van der Waals surface area contributed by atoms with Crippen molar-refractivity contribution in [2.75, 3.05) is 0 Å². The summed E-state index contributed by atoms with van der Waals surface area (Å²) >= 11 is 7.34. The van der Waals surface area contributed by atoms with Gasteiger partial charge in [0.1, 0.15) is 16.4 Å². The van der Waals surface area contributed by atoms with Gasteiger partial charge < -0.3 is 0 Å². The molecule has 0 saturated heterocycles. The molecule has 0 spiro atoms. The number of aromatic nitrogens is 2. The van der Waals surface area contributed by atoms with Gasteiger partial charge >= 0.3 is 0 Å². The fraction of sp³-hybridized carbons (Fsp3) is 0.200. The van der Waals surface area contributed by atoms with Crippen LogP contribution in [0, 0.1) is 10.1 Å². The molecule has 2 heterocycles. The molecule has 0 aliphatic heterocycles. The third kappa shape index (κ3) is 2.73. The minimum Gasteiger partial charge on any atom is -0.296 e. The summed E-state index contributed by atoms with van der Waals surface area (Å²) < 4.78 is 1.73. The Morgan fingerprint density at radius 1 is 1.48 bits per heavy atom. The first-order valence-electron chi connectivity index (χ1n) is 6.95. The minimum absolute atomic E-state index is 0.0534. The molecule has 3 aromatic rings. The summed E-state index contributed by atoms with van der Waals surface area (Å²) in [6.07, 6.45) is 4.55. The standard InChI is InChI=1S/C15H12ClN3O3S/c1-2-3-10-7-18-13(8-20)14(17-15(18)23-10)9-4-5-11(16)12(6-9)19(21)22/h4-8H,2-3H2,1H3. The van der Waals surface area contributed by atoms with Gasteiger partial charge in [-0.2, -0.15) is 0 Å². The van der Waals surface area contributed by atoms with Crippen LogP contribution in [-0.2, 0) is 6.42 Å². The number of benzene rings is 1. The van der Waals surface area contributed by atoms with Gasteiger partial charge in [0.15, 0.2) is 11.2 Å². The van der Waals surface area contributed by atoms with Crippen molar-refractivity contribution in [3.8, 4) is 11.3 Å². The van der Waals surface area contributed by atoms with Gasteiger partial charge in [-0.15, -0.1) is 11.3 Å². The fourth-order valence-corrected chi connectivity index (χ4v) is 3.67. The molecule has 0 N–H and O–H groups in total. The van der Waals surface area contributed by atoms with E-state index < -0.39 is 4.92 Å². The summed E-state index contributed by atoms with van der Waals surface area (Å²) in [5.41, 5.74) is 1.10. The van der Waals surface area contributed by atoms with Crippen LogP contribution in [0.2, 0.25) is 5.02 Å². The summed E-state index contributed by atoms with van der Waals surface area (Å²) in [6, 6.07) is 4.41. The first-order valence-corrected chi connectivity index (χ1v) is 8.14. The number of hydrogen-bond acceptors (Lipinski definition) is 5. The van der Waals surface area contributed by atoms with E-state index in [1.54, 1.807) is 10.5 Å². The predicted octanol–water partition coefficient (Wildman–Crippen LogP) is 4.39. The number of carbonyl (C=O) groups is 1. The topological polar surface area (TPSA) is 77.5 Å². The Balaban J connectivity index is 2.16. The van der Waals surface area contributed by atoms with E-state index in [-0.39, 0.29) is 10.7 Å². The van der Waals surface area contributed by atoms with Crippen LogP contribution >= 0.6 is 22.9 Å². The zero-order valence-corrected chi connectivity index (χ0v) is 13.7. The Hall–Kier alpha value is -2.25. The lowest BCUT2D eigenvalue weighted by Crippen LogP contribution is -1.93. The highest BCUT2D eigenvalue weighted by molar-refractivity contribution is 7.17. The van der Waals surface area contributed by atoms with Gasteiger partial charge in [-0.1, -0.05) is 31.0 Å². The molecular formula is C15H12ClN3O3S. The van der Waals surface area contributed by atoms with E-state index >= 15 is 0 Å². The number of rotatable bonds is 5. The number of aryl methyl sites for hydroxylation is 1. The van der Waals surface area contributed by atoms with E-state index in [0.29, 0.717) is 21.9 Å². The average Bonchev–Trinajstić information content (AvgIpc) is 3.04. The van der Waals surface area contributed by atoms with Crippen molar-refractivity contribution in [2.24, 2.45) is 0 Å². The van der Waals surface area contributed by atoms with Gasteiger partial charge in [-0.05, 0) is 12.5 Å². The summed E-state index contributed by atoms with van der Waals surface area (Å²) in [4.78, 5) is 28.3. The first-order chi connectivity index (χ1) is 11.0. The third-order valence-electron chi connectivity index (χ3n) is 3.44. The number of imidazole rings is 1. The molecule has 0 unspecified atom stereocenters. The quantitative estimate of drug-likeness (QED) is 0.389. The van der Waals surface area contributed by atoms with Crippen LogP contribution in [0.15, 0.2) is 24.4 Å². The number of aldehydes is 1. The zero-order chi connectivity index (χ0) is 16.6. The second kappa shape index (κ2) is 6.10. The third-order valence-corrected chi connectivity index (χ3v) is 4.80. The van der Waals surface area contributed by atoms with Crippen LogP contribution in [-0.4, -0.2) is 20.6 Å². The van der Waals surface area contributed by atoms with Crippen molar-refractivity contribution in [3.05, 3.63) is 50.1 Å². The van der Waals surface area contributed by atoms with Gasteiger partial charge in [0.05, 0.1) is 4.92 Å². The van der Waals surface area contributed by atoms with E-state index in [1.165, 1.54) is 23.5 Å². The van der Waals surface area contributed by atoms with E-state index in [4.69, 9.17) is 11.6 Å². The molecule has 0 radical (unpaired) electrons. The van der Waals surface area contributed by atoms with Crippen LogP contribution in [0.3, 0.4) is 0 Å². The molecule has 1 aromatic carbocycles. The molecule has 0 bridgehead atoms. The van der Waals surface area contributed by atoms with Gasteiger partial charge in [-0.3, -0.25) is 19.3 Å². The molecule has 2 aromatic heterocycles. The smallest absolute Gasteiger partial charge is 0.288 e. The van der Waals surface area contributed by atoms with Crippen molar-refractivity contribution in [3.63, 3.8) is 0 Å². The zero-order valence-electron chi connectivity index (χ0n) is 12.2. The maximum Gasteiger partial charge on any atom is 0.288 e. The number of halogens is 1. The lowest BCUT2D eigenvalue weighted by atomic mass is 10.1. The largest absolute Gasteiger partial charge is 0.296 e. The molecule has 8 heteroatoms. The van der Waals surface area contributed by atoms with Gasteiger partial charge in [0.2, 0.25) is 0 Å². The maximum atomic E-state index is 11.5. The second-order valence-corrected chi connectivity index (χ2v) is 6.49. The van der Waals surface area contributed by atoms with E-state index in [9.17, 15) is 14.9 Å². The number of carbonyl (C=O) groups excluding carboxylic acids is 1. The van der Waals surface area contributed by atoms with Crippen molar-refractivity contribution in [2.45, 2.75) is 19.8 Å². The molecule has 0 aliphatic rings. The van der Waals surface area contributed by atoms with Crippen molar-refractivity contribution in [1.82, 2.24) is 9.38 Å². The molecule has 0 amide bonds. The molecule has 0 saturated carbocycles. The molecule has 0 atom stereocenters. The van der Waals surface area contributed by atoms with Crippen LogP contribution in [0.4, 0.5) is 5.69 Å². The number of nitro groups is 1. The molecule has 3 rings (SSSR count). The number of hydrogen-bond donors (Lipinski definition) is 0. The Labute approximate surface area is 140 Å². The summed E-state index contributed by atoms with van der Waals surface area (Å²) in [7, 11) is 0. The molecule has 0 fully saturated rings. The van der Waals surface area contributed by atoms with Crippen LogP contribution in [0.1, 0.15) is 28.7 Å². The molecule has 6 nitrogen and oxygen atoms in total. The van der Waals surface area contributed by atoms with Crippen molar-refractivity contribution < 1.29 is 9.72 Å². The number of thiazole rings is 1. The predicted molar refractivity (Wildman–Crippen MR) is 89.6 cm³/mol. The van der Waals surface area contributed by atoms with Gasteiger partial charge in [0.25, 0.3) is 5.69 Å². The summed E-state index contributed by atoms with van der Waals surface area (Å²) in [5.74, 6) is 0. The highest BCUT2D eigenvalue weighted by Crippen LogP contribution is 2.33. The van der Waals surface area contributed by atoms with Crippen molar-refractivity contribution in [1.29, 1.82) is 0 Å². The molecule has 118 valence electrons. The highest BCUT2D eigenvalue weighted by atomic mass is 35.5. The van der Waals surface area contributed by atoms with Crippen LogP contribution < -0.4 is 0 Å². The Morgan fingerprint density at radius 2 is 2.26 bits per heavy atom. The number of fused-ring (bicyclic) bond motifs is 1. The monoisotopic (exact) mass is 349 g/mol. The Bertz CT molecular complexity index is 916. The Kier molecular flexibility index (Phi) is 4.14. The maximum absolute atomic E-state index is 11.5. The first kappa shape index (κ1) is 15.6. The van der Waals surface area contributed by atoms with E-state index in [0.717, 1.165) is 24.0 Å². The Morgan fingerprint density at radius 3 is 2.91 bits per heavy atom. The van der Waals surface area contributed by atoms with E-state index in [2.05, 4.69) is 11.9 Å². The van der Waals surface area contributed by atoms with Crippen molar-refractivity contribution >= 4 is 39.9 Å². The lowest BCUT2D eigenvalue weighted by Gasteiger charge is -2.01. The summed E-state index contributed by atoms with van der Waals surface area (Å²) in [5, 5.41) is 11.1. The number of nitrogens with zero attached hydrogens (tertiary/aromatic N) is 3. The molecule has 23 heavy (non-hydrogen) atoms. The lowest BCUT2D eigenvalue weighted by molar-refractivity contribution is -0.384. The average molecular weight is 350 g/mol. The van der Waals surface area contributed by atoms with Gasteiger partial charge in [0, 0.05) is 22.7 Å². The second-order valence-electron chi connectivity index (χ2n) is 4.99. The fourth-order valence-electron chi connectivity index (χ4n) is 2.40. The van der Waals surface area contributed by atoms with Crippen LogP contribution in [0.25, 0.3) is 16.2 Å². The molecular weight excluding hydrogens is 338 g/mol. The summed E-state index contributed by atoms with van der Waals surface area (Å²) in [6.45, 7) is 2.08. The normalized spacial score (nSPS) is 11.0. The molecule has 0 aliphatic carbocycles. The van der Waals surface area contributed by atoms with E-state index in [1.807, 2.05) is 6.20 Å². The highest BCUT2D eigenvalue weighted by Gasteiger charge is 2.19.